The van der Waals surface area contributed by atoms with Crippen LogP contribution in [-0.4, -0.2) is 40.8 Å². The fourth-order valence-corrected chi connectivity index (χ4v) is 4.29. The normalized spacial score (nSPS) is 22.0. The van der Waals surface area contributed by atoms with E-state index in [1.807, 2.05) is 13.8 Å². The number of hydrogen-bond donors (Lipinski definition) is 1. The highest BCUT2D eigenvalue weighted by Crippen LogP contribution is 2.32. The standard InChI is InChI=1S/C11H15ClN2O4S/c1-6(2)9-8(11(15)16)10(12)14(13-9)7-3-4-19(17,18)5-7/h6-7H,3-5H2,1-2H3,(H,15,16). The largest absolute Gasteiger partial charge is 0.478 e. The summed E-state index contributed by atoms with van der Waals surface area (Å²) in [5.74, 6) is -1.18. The van der Waals surface area contributed by atoms with Crippen molar-refractivity contribution in [3.63, 3.8) is 0 Å². The van der Waals surface area contributed by atoms with Crippen LogP contribution in [0.1, 0.15) is 48.3 Å². The summed E-state index contributed by atoms with van der Waals surface area (Å²) >= 11 is 6.07. The molecule has 1 aliphatic rings. The van der Waals surface area contributed by atoms with Gasteiger partial charge in [0.05, 0.1) is 23.2 Å². The van der Waals surface area contributed by atoms with E-state index >= 15 is 0 Å². The number of hydrogen-bond acceptors (Lipinski definition) is 4. The molecule has 0 bridgehead atoms. The van der Waals surface area contributed by atoms with Gasteiger partial charge in [0.2, 0.25) is 0 Å². The van der Waals surface area contributed by atoms with E-state index in [1.165, 1.54) is 4.68 Å². The summed E-state index contributed by atoms with van der Waals surface area (Å²) in [7, 11) is -3.07. The molecule has 2 rings (SSSR count). The molecule has 8 heteroatoms. The molecule has 1 aromatic rings. The maximum atomic E-state index is 11.5. The van der Waals surface area contributed by atoms with E-state index in [2.05, 4.69) is 5.10 Å². The molecule has 2 heterocycles. The zero-order chi connectivity index (χ0) is 14.4. The zero-order valence-electron chi connectivity index (χ0n) is 10.6. The molecule has 0 saturated carbocycles. The SMILES string of the molecule is CC(C)c1nn(C2CCS(=O)(=O)C2)c(Cl)c1C(=O)O. The number of nitrogens with zero attached hydrogens (tertiary/aromatic N) is 2. The van der Waals surface area contributed by atoms with Crippen molar-refractivity contribution in [3.8, 4) is 0 Å². The van der Waals surface area contributed by atoms with E-state index in [0.717, 1.165) is 0 Å². The van der Waals surface area contributed by atoms with Crippen LogP contribution in [0.5, 0.6) is 0 Å². The van der Waals surface area contributed by atoms with Crippen molar-refractivity contribution in [3.05, 3.63) is 16.4 Å². The Morgan fingerprint density at radius 3 is 2.53 bits per heavy atom. The van der Waals surface area contributed by atoms with Crippen molar-refractivity contribution in [2.45, 2.75) is 32.2 Å². The second-order valence-electron chi connectivity index (χ2n) is 5.01. The lowest BCUT2D eigenvalue weighted by Gasteiger charge is -2.09. The molecule has 6 nitrogen and oxygen atoms in total. The van der Waals surface area contributed by atoms with Gasteiger partial charge in [-0.1, -0.05) is 25.4 Å². The topological polar surface area (TPSA) is 89.3 Å². The molecule has 1 atom stereocenters. The minimum Gasteiger partial charge on any atom is -0.478 e. The number of halogens is 1. The number of carboxylic acids is 1. The van der Waals surface area contributed by atoms with E-state index < -0.39 is 15.8 Å². The van der Waals surface area contributed by atoms with Gasteiger partial charge in [-0.05, 0) is 12.3 Å². The Bertz CT molecular complexity index is 621. The first-order chi connectivity index (χ1) is 8.73. The molecule has 0 aromatic carbocycles. The summed E-state index contributed by atoms with van der Waals surface area (Å²) in [5.41, 5.74) is 0.364. The highest BCUT2D eigenvalue weighted by atomic mass is 35.5. The van der Waals surface area contributed by atoms with Gasteiger partial charge in [-0.3, -0.25) is 0 Å². The van der Waals surface area contributed by atoms with Gasteiger partial charge >= 0.3 is 5.97 Å². The number of carbonyl (C=O) groups is 1. The van der Waals surface area contributed by atoms with Crippen LogP contribution in [0.15, 0.2) is 0 Å². The fraction of sp³-hybridized carbons (Fsp3) is 0.636. The van der Waals surface area contributed by atoms with Gasteiger partial charge in [0.1, 0.15) is 10.7 Å². The number of sulfone groups is 1. The summed E-state index contributed by atoms with van der Waals surface area (Å²) in [6.45, 7) is 3.64. The summed E-state index contributed by atoms with van der Waals surface area (Å²) in [5, 5.41) is 13.4. The van der Waals surface area contributed by atoms with E-state index in [9.17, 15) is 18.3 Å². The smallest absolute Gasteiger partial charge is 0.340 e. The lowest BCUT2D eigenvalue weighted by Crippen LogP contribution is -2.13. The van der Waals surface area contributed by atoms with Crippen molar-refractivity contribution < 1.29 is 18.3 Å². The molecule has 0 aliphatic carbocycles. The molecule has 1 unspecified atom stereocenters. The van der Waals surface area contributed by atoms with Crippen molar-refractivity contribution >= 4 is 27.4 Å². The minimum atomic E-state index is -3.07. The van der Waals surface area contributed by atoms with E-state index in [0.29, 0.717) is 12.1 Å². The summed E-state index contributed by atoms with van der Waals surface area (Å²) < 4.78 is 24.3. The minimum absolute atomic E-state index is 0.0123. The third-order valence-corrected chi connectivity index (χ3v) is 5.31. The lowest BCUT2D eigenvalue weighted by atomic mass is 10.1. The second kappa shape index (κ2) is 4.79. The van der Waals surface area contributed by atoms with Crippen molar-refractivity contribution in [2.24, 2.45) is 0 Å². The van der Waals surface area contributed by atoms with E-state index in [4.69, 9.17) is 11.6 Å². The molecule has 1 aromatic heterocycles. The average Bonchev–Trinajstić information content (AvgIpc) is 2.78. The van der Waals surface area contributed by atoms with Crippen LogP contribution in [0.3, 0.4) is 0 Å². The van der Waals surface area contributed by atoms with Gasteiger partial charge in [0, 0.05) is 0 Å². The van der Waals surface area contributed by atoms with Gasteiger partial charge in [0.25, 0.3) is 0 Å². The van der Waals surface area contributed by atoms with Crippen LogP contribution in [0.2, 0.25) is 5.15 Å². The van der Waals surface area contributed by atoms with Gasteiger partial charge in [0.15, 0.2) is 9.84 Å². The summed E-state index contributed by atoms with van der Waals surface area (Å²) in [6, 6.07) is -0.372. The Labute approximate surface area is 116 Å². The highest BCUT2D eigenvalue weighted by molar-refractivity contribution is 7.91. The predicted molar refractivity (Wildman–Crippen MR) is 70.6 cm³/mol. The first kappa shape index (κ1) is 14.3. The van der Waals surface area contributed by atoms with Gasteiger partial charge < -0.3 is 5.11 Å². The molecule has 0 radical (unpaired) electrons. The number of aromatic carboxylic acids is 1. The predicted octanol–water partition coefficient (Wildman–Crippen LogP) is 1.72. The second-order valence-corrected chi connectivity index (χ2v) is 7.60. The monoisotopic (exact) mass is 306 g/mol. The maximum absolute atomic E-state index is 11.5. The maximum Gasteiger partial charge on any atom is 0.340 e. The Hall–Kier alpha value is -1.08. The van der Waals surface area contributed by atoms with Crippen LogP contribution in [0.25, 0.3) is 0 Å². The Kier molecular flexibility index (Phi) is 3.61. The summed E-state index contributed by atoms with van der Waals surface area (Å²) in [6.07, 6.45) is 0.417. The molecular formula is C11H15ClN2O4S. The van der Waals surface area contributed by atoms with Gasteiger partial charge in [-0.15, -0.1) is 0 Å². The number of rotatable bonds is 3. The molecule has 106 valence electrons. The molecule has 1 N–H and O–H groups in total. The molecular weight excluding hydrogens is 292 g/mol. The third-order valence-electron chi connectivity index (χ3n) is 3.19. The van der Waals surface area contributed by atoms with Crippen molar-refractivity contribution in [2.75, 3.05) is 11.5 Å². The number of aromatic nitrogens is 2. The first-order valence-electron chi connectivity index (χ1n) is 5.94. The highest BCUT2D eigenvalue weighted by Gasteiger charge is 2.34. The van der Waals surface area contributed by atoms with E-state index in [1.54, 1.807) is 0 Å². The molecule has 0 amide bonds. The average molecular weight is 307 g/mol. The molecule has 1 saturated heterocycles. The summed E-state index contributed by atoms with van der Waals surface area (Å²) in [4.78, 5) is 11.2. The zero-order valence-corrected chi connectivity index (χ0v) is 12.2. The van der Waals surface area contributed by atoms with Crippen molar-refractivity contribution in [1.82, 2.24) is 9.78 Å². The third kappa shape index (κ3) is 2.62. The Morgan fingerprint density at radius 2 is 2.16 bits per heavy atom. The fourth-order valence-electron chi connectivity index (χ4n) is 2.24. The van der Waals surface area contributed by atoms with Gasteiger partial charge in [-0.25, -0.2) is 17.9 Å². The van der Waals surface area contributed by atoms with Crippen LogP contribution >= 0.6 is 11.6 Å². The molecule has 0 spiro atoms. The van der Waals surface area contributed by atoms with Crippen LogP contribution in [-0.2, 0) is 9.84 Å². The van der Waals surface area contributed by atoms with Crippen LogP contribution in [0, 0.1) is 0 Å². The quantitative estimate of drug-likeness (QED) is 0.918. The first-order valence-corrected chi connectivity index (χ1v) is 8.14. The van der Waals surface area contributed by atoms with Crippen molar-refractivity contribution in [1.29, 1.82) is 0 Å². The Morgan fingerprint density at radius 1 is 1.53 bits per heavy atom. The van der Waals surface area contributed by atoms with Crippen LogP contribution in [0.4, 0.5) is 0 Å². The lowest BCUT2D eigenvalue weighted by molar-refractivity contribution is 0.0695. The number of carboxylic acid groups (broad SMARTS) is 1. The molecule has 19 heavy (non-hydrogen) atoms. The molecule has 1 fully saturated rings. The van der Waals surface area contributed by atoms with Gasteiger partial charge in [-0.2, -0.15) is 5.10 Å². The van der Waals surface area contributed by atoms with Crippen LogP contribution < -0.4 is 0 Å². The Balaban J connectivity index is 2.48. The van der Waals surface area contributed by atoms with E-state index in [-0.39, 0.29) is 34.2 Å². The molecule has 1 aliphatic heterocycles.